The molecular formula is C7H5LiO3. The van der Waals surface area contributed by atoms with E-state index in [1.54, 1.807) is 0 Å². The van der Waals surface area contributed by atoms with Crippen LogP contribution in [0.2, 0.25) is 0 Å². The minimum Gasteiger partial charge on any atom is -0.872 e. The van der Waals surface area contributed by atoms with Gasteiger partial charge in [0, 0.05) is 0 Å². The van der Waals surface area contributed by atoms with Crippen LogP contribution in [-0.2, 0) is 0 Å². The van der Waals surface area contributed by atoms with Crippen molar-refractivity contribution < 1.29 is 33.9 Å². The minimum atomic E-state index is -1.18. The number of hydrogen-bond acceptors (Lipinski definition) is 2. The van der Waals surface area contributed by atoms with Gasteiger partial charge < -0.3 is 10.2 Å². The Morgan fingerprint density at radius 2 is 1.91 bits per heavy atom. The van der Waals surface area contributed by atoms with Gasteiger partial charge in [-0.25, -0.2) is 4.79 Å². The van der Waals surface area contributed by atoms with E-state index in [4.69, 9.17) is 5.11 Å². The van der Waals surface area contributed by atoms with Crippen LogP contribution in [0.3, 0.4) is 0 Å². The van der Waals surface area contributed by atoms with Gasteiger partial charge in [-0.3, -0.25) is 0 Å². The molecule has 0 bridgehead atoms. The predicted molar refractivity (Wildman–Crippen MR) is 32.8 cm³/mol. The van der Waals surface area contributed by atoms with Crippen molar-refractivity contribution in [1.82, 2.24) is 0 Å². The van der Waals surface area contributed by atoms with Crippen molar-refractivity contribution in [2.45, 2.75) is 0 Å². The van der Waals surface area contributed by atoms with Crippen molar-refractivity contribution in [3.8, 4) is 5.75 Å². The van der Waals surface area contributed by atoms with Gasteiger partial charge in [-0.05, 0) is 6.07 Å². The number of rotatable bonds is 1. The molecule has 4 heteroatoms. The molecule has 0 aliphatic rings. The molecule has 0 fully saturated rings. The molecule has 0 saturated heterocycles. The third-order valence-electron chi connectivity index (χ3n) is 1.12. The standard InChI is InChI=1S/C7H6O3.Li/c8-6-4-2-1-3-5(6)7(9)10;/h1-4,8H,(H,9,10);/q;+1/p-1. The van der Waals surface area contributed by atoms with Crippen molar-refractivity contribution in [2.24, 2.45) is 0 Å². The summed E-state index contributed by atoms with van der Waals surface area (Å²) >= 11 is 0. The zero-order valence-corrected chi connectivity index (χ0v) is 6.07. The third kappa shape index (κ3) is 2.30. The number of para-hydroxylation sites is 1. The SMILES string of the molecule is O=C(O)c1ccccc1[O-].[Li+]. The van der Waals surface area contributed by atoms with Crippen LogP contribution in [0.1, 0.15) is 10.4 Å². The van der Waals surface area contributed by atoms with Gasteiger partial charge in [-0.15, -0.1) is 0 Å². The molecule has 1 aromatic carbocycles. The van der Waals surface area contributed by atoms with E-state index >= 15 is 0 Å². The molecule has 1 N–H and O–H groups in total. The summed E-state index contributed by atoms with van der Waals surface area (Å²) in [4.78, 5) is 10.2. The van der Waals surface area contributed by atoms with E-state index in [0.29, 0.717) is 0 Å². The van der Waals surface area contributed by atoms with Crippen LogP contribution in [0.15, 0.2) is 24.3 Å². The van der Waals surface area contributed by atoms with Gasteiger partial charge in [0.05, 0.1) is 5.56 Å². The second-order valence-electron chi connectivity index (χ2n) is 1.80. The summed E-state index contributed by atoms with van der Waals surface area (Å²) in [5.74, 6) is -1.62. The van der Waals surface area contributed by atoms with Crippen LogP contribution in [0.5, 0.6) is 5.75 Å². The summed E-state index contributed by atoms with van der Waals surface area (Å²) < 4.78 is 0. The van der Waals surface area contributed by atoms with Crippen LogP contribution >= 0.6 is 0 Å². The fourth-order valence-corrected chi connectivity index (χ4v) is 0.643. The first kappa shape index (κ1) is 10.1. The molecule has 0 unspecified atom stereocenters. The Morgan fingerprint density at radius 3 is 2.27 bits per heavy atom. The summed E-state index contributed by atoms with van der Waals surface area (Å²) in [6, 6.07) is 5.54. The smallest absolute Gasteiger partial charge is 0.872 e. The molecular weight excluding hydrogens is 139 g/mol. The second-order valence-corrected chi connectivity index (χ2v) is 1.80. The van der Waals surface area contributed by atoms with Gasteiger partial charge in [0.2, 0.25) is 0 Å². The van der Waals surface area contributed by atoms with Gasteiger partial charge >= 0.3 is 24.8 Å². The third-order valence-corrected chi connectivity index (χ3v) is 1.12. The molecule has 1 rings (SSSR count). The summed E-state index contributed by atoms with van der Waals surface area (Å²) in [6.45, 7) is 0. The summed E-state index contributed by atoms with van der Waals surface area (Å²) in [6.07, 6.45) is 0. The van der Waals surface area contributed by atoms with Gasteiger partial charge in [0.1, 0.15) is 0 Å². The number of hydrogen-bond donors (Lipinski definition) is 1. The number of carbonyl (C=O) groups is 1. The molecule has 0 heterocycles. The average Bonchev–Trinajstić information content (AvgIpc) is 1.88. The molecule has 0 saturated carbocycles. The zero-order chi connectivity index (χ0) is 7.56. The van der Waals surface area contributed by atoms with Gasteiger partial charge in [-0.1, -0.05) is 23.9 Å². The Kier molecular flexibility index (Phi) is 3.73. The first-order chi connectivity index (χ1) is 4.72. The number of aromatic carboxylic acids is 1. The Hall–Kier alpha value is -0.913. The molecule has 0 atom stereocenters. The molecule has 0 aliphatic carbocycles. The molecule has 1 aromatic rings. The van der Waals surface area contributed by atoms with E-state index in [9.17, 15) is 9.90 Å². The van der Waals surface area contributed by atoms with Crippen LogP contribution in [0, 0.1) is 0 Å². The maximum Gasteiger partial charge on any atom is 1.00 e. The van der Waals surface area contributed by atoms with Crippen LogP contribution < -0.4 is 24.0 Å². The molecule has 11 heavy (non-hydrogen) atoms. The maximum absolute atomic E-state index is 10.7. The fraction of sp³-hybridized carbons (Fsp3) is 0. The Bertz CT molecular complexity index is 260. The van der Waals surface area contributed by atoms with Gasteiger partial charge in [0.15, 0.2) is 0 Å². The molecule has 0 aromatic heterocycles. The number of benzene rings is 1. The topological polar surface area (TPSA) is 60.4 Å². The molecule has 3 nitrogen and oxygen atoms in total. The average molecular weight is 144 g/mol. The van der Waals surface area contributed by atoms with Crippen LogP contribution in [0.4, 0.5) is 0 Å². The van der Waals surface area contributed by atoms with Crippen molar-refractivity contribution >= 4 is 5.97 Å². The molecule has 0 spiro atoms. The first-order valence-electron chi connectivity index (χ1n) is 2.71. The van der Waals surface area contributed by atoms with Gasteiger partial charge in [0.25, 0.3) is 0 Å². The summed E-state index contributed by atoms with van der Waals surface area (Å²) in [5, 5.41) is 19.0. The van der Waals surface area contributed by atoms with E-state index in [2.05, 4.69) is 0 Å². The number of carboxylic acids is 1. The van der Waals surface area contributed by atoms with Crippen LogP contribution in [0.25, 0.3) is 0 Å². The van der Waals surface area contributed by atoms with Crippen molar-refractivity contribution in [3.63, 3.8) is 0 Å². The van der Waals surface area contributed by atoms with E-state index in [-0.39, 0.29) is 24.4 Å². The van der Waals surface area contributed by atoms with Gasteiger partial charge in [-0.2, -0.15) is 0 Å². The van der Waals surface area contributed by atoms with E-state index in [1.165, 1.54) is 24.3 Å². The quantitative estimate of drug-likeness (QED) is 0.442. The minimum absolute atomic E-state index is 0. The second kappa shape index (κ2) is 4.07. The van der Waals surface area contributed by atoms with E-state index < -0.39 is 11.7 Å². The largest absolute Gasteiger partial charge is 1.00 e. The maximum atomic E-state index is 10.7. The van der Waals surface area contributed by atoms with Crippen molar-refractivity contribution in [2.75, 3.05) is 0 Å². The summed E-state index contributed by atoms with van der Waals surface area (Å²) in [5.41, 5.74) is -0.178. The molecule has 0 aliphatic heterocycles. The zero-order valence-electron chi connectivity index (χ0n) is 6.07. The Labute approximate surface area is 75.8 Å². The molecule has 0 radical (unpaired) electrons. The first-order valence-corrected chi connectivity index (χ1v) is 2.71. The summed E-state index contributed by atoms with van der Waals surface area (Å²) in [7, 11) is 0. The van der Waals surface area contributed by atoms with E-state index in [1.807, 2.05) is 0 Å². The normalized spacial score (nSPS) is 8.36. The van der Waals surface area contributed by atoms with Crippen LogP contribution in [-0.4, -0.2) is 11.1 Å². The Balaban J connectivity index is 0.000001000. The fourth-order valence-electron chi connectivity index (χ4n) is 0.643. The predicted octanol–water partition coefficient (Wildman–Crippen LogP) is -2.54. The Morgan fingerprint density at radius 1 is 1.36 bits per heavy atom. The number of carboxylic acid groups (broad SMARTS) is 1. The van der Waals surface area contributed by atoms with Crippen molar-refractivity contribution in [3.05, 3.63) is 29.8 Å². The molecule has 0 amide bonds. The van der Waals surface area contributed by atoms with Crippen molar-refractivity contribution in [1.29, 1.82) is 0 Å². The van der Waals surface area contributed by atoms with E-state index in [0.717, 1.165) is 0 Å². The molecule has 52 valence electrons. The monoisotopic (exact) mass is 144 g/mol.